The molecule has 0 amide bonds. The van der Waals surface area contributed by atoms with Crippen molar-refractivity contribution < 1.29 is 13.3 Å². The van der Waals surface area contributed by atoms with Gasteiger partial charge in [0, 0.05) is 0 Å². The van der Waals surface area contributed by atoms with Gasteiger partial charge in [0.25, 0.3) is 11.4 Å². The van der Waals surface area contributed by atoms with Crippen molar-refractivity contribution >= 4 is 11.4 Å². The zero-order chi connectivity index (χ0) is 5.58. The lowest BCUT2D eigenvalue weighted by atomic mass is 11.3. The van der Waals surface area contributed by atoms with Gasteiger partial charge in [-0.2, -0.15) is 4.21 Å². The molecular weight excluding hydrogens is 132 g/mol. The monoisotopic (exact) mass is 144 g/mol. The summed E-state index contributed by atoms with van der Waals surface area (Å²) in [7, 11) is 0. The van der Waals surface area contributed by atoms with Crippen LogP contribution in [0.2, 0.25) is 0 Å². The van der Waals surface area contributed by atoms with E-state index >= 15 is 0 Å². The summed E-state index contributed by atoms with van der Waals surface area (Å²) in [6.45, 7) is 6.00. The summed E-state index contributed by atoms with van der Waals surface area (Å²) in [5.74, 6) is 0. The van der Waals surface area contributed by atoms with E-state index in [1.165, 1.54) is 0 Å². The molecule has 0 aromatic carbocycles. The summed E-state index contributed by atoms with van der Waals surface area (Å²) >= 11 is -2.61. The number of hydrogen-bond acceptors (Lipinski definition) is 3. The standard InChI is InChI=1S/C2H4.2H3N.H2O3S/c1-2;;;1-4(2)3/h1-2H2;2*1H3;(H2,1,2,3). The Balaban J connectivity index is -0.0000000183. The van der Waals surface area contributed by atoms with Crippen molar-refractivity contribution in [1.29, 1.82) is 0 Å². The Morgan fingerprint density at radius 1 is 1.12 bits per heavy atom. The fraction of sp³-hybridized carbons (Fsp3) is 0. The fourth-order valence-corrected chi connectivity index (χ4v) is 0. The molecule has 8 N–H and O–H groups in total. The molecule has 0 radical (unpaired) electrons. The van der Waals surface area contributed by atoms with Crippen LogP contribution in [0.15, 0.2) is 13.2 Å². The second-order valence-electron chi connectivity index (χ2n) is 0.231. The van der Waals surface area contributed by atoms with Crippen molar-refractivity contribution in [3.8, 4) is 0 Å². The van der Waals surface area contributed by atoms with Crippen LogP contribution in [-0.2, 0) is 11.4 Å². The smallest absolute Gasteiger partial charge is 0.299 e. The van der Waals surface area contributed by atoms with Gasteiger partial charge in [-0.05, 0) is 0 Å². The highest BCUT2D eigenvalue weighted by Crippen LogP contribution is 1.44. The van der Waals surface area contributed by atoms with Crippen LogP contribution < -0.4 is 12.3 Å². The fourth-order valence-electron chi connectivity index (χ4n) is 0. The van der Waals surface area contributed by atoms with E-state index < -0.39 is 11.4 Å². The van der Waals surface area contributed by atoms with Gasteiger partial charge in [0.1, 0.15) is 0 Å². The second-order valence-corrected chi connectivity index (χ2v) is 0.692. The molecule has 0 spiro atoms. The quantitative estimate of drug-likeness (QED) is 0.295. The van der Waals surface area contributed by atoms with Crippen molar-refractivity contribution in [1.82, 2.24) is 12.3 Å². The van der Waals surface area contributed by atoms with Crippen molar-refractivity contribution in [2.24, 2.45) is 0 Å². The Labute approximate surface area is 51.1 Å². The van der Waals surface area contributed by atoms with Gasteiger partial charge in [-0.3, -0.25) is 9.11 Å². The van der Waals surface area contributed by atoms with Crippen LogP contribution in [0.1, 0.15) is 0 Å². The zero-order valence-electron chi connectivity index (χ0n) is 4.54. The maximum atomic E-state index is 8.67. The molecule has 0 aliphatic heterocycles. The predicted octanol–water partition coefficient (Wildman–Crippen LogP) is 0.807. The Morgan fingerprint density at radius 3 is 1.12 bits per heavy atom. The van der Waals surface area contributed by atoms with Gasteiger partial charge in [-0.15, -0.1) is 13.2 Å². The Kier molecular flexibility index (Phi) is 93.3. The van der Waals surface area contributed by atoms with Crippen molar-refractivity contribution in [3.05, 3.63) is 13.2 Å². The van der Waals surface area contributed by atoms with Crippen molar-refractivity contribution in [2.45, 2.75) is 0 Å². The molecule has 0 aromatic heterocycles. The molecule has 0 saturated carbocycles. The molecular formula is C2H12N2O3S. The first kappa shape index (κ1) is 25.2. The van der Waals surface area contributed by atoms with Crippen molar-refractivity contribution in [2.75, 3.05) is 0 Å². The first-order valence-electron chi connectivity index (χ1n) is 1.03. The van der Waals surface area contributed by atoms with Crippen LogP contribution in [0.25, 0.3) is 0 Å². The van der Waals surface area contributed by atoms with Crippen LogP contribution in [0.3, 0.4) is 0 Å². The van der Waals surface area contributed by atoms with Gasteiger partial charge < -0.3 is 12.3 Å². The van der Waals surface area contributed by atoms with Gasteiger partial charge in [-0.25, -0.2) is 0 Å². The van der Waals surface area contributed by atoms with Crippen LogP contribution in [0, 0.1) is 0 Å². The lowest BCUT2D eigenvalue weighted by molar-refractivity contribution is 0.454. The molecule has 0 rings (SSSR count). The summed E-state index contributed by atoms with van der Waals surface area (Å²) in [6.07, 6.45) is 0. The molecule has 0 atom stereocenters. The predicted molar refractivity (Wildman–Crippen MR) is 34.7 cm³/mol. The minimum atomic E-state index is -2.61. The number of hydrogen-bond donors (Lipinski definition) is 4. The Morgan fingerprint density at radius 2 is 1.12 bits per heavy atom. The SMILES string of the molecule is C=C.N.N.O=S(O)O. The summed E-state index contributed by atoms with van der Waals surface area (Å²) in [6, 6.07) is 0. The molecule has 54 valence electrons. The Hall–Kier alpha value is -0.270. The molecule has 0 unspecified atom stereocenters. The van der Waals surface area contributed by atoms with E-state index in [0.717, 1.165) is 0 Å². The third-order valence-electron chi connectivity index (χ3n) is 0. The van der Waals surface area contributed by atoms with E-state index in [0.29, 0.717) is 0 Å². The Bertz CT molecular complexity index is 46.5. The molecule has 0 bridgehead atoms. The lowest BCUT2D eigenvalue weighted by Gasteiger charge is -1.59. The summed E-state index contributed by atoms with van der Waals surface area (Å²) in [5.41, 5.74) is 0. The molecule has 0 aromatic rings. The lowest BCUT2D eigenvalue weighted by Crippen LogP contribution is -1.74. The molecule has 0 heterocycles. The summed E-state index contributed by atoms with van der Waals surface area (Å²) < 4.78 is 22.8. The van der Waals surface area contributed by atoms with Crippen LogP contribution in [-0.4, -0.2) is 13.3 Å². The topological polar surface area (TPSA) is 128 Å². The summed E-state index contributed by atoms with van der Waals surface area (Å²) in [4.78, 5) is 0. The normalized spacial score (nSPS) is 4.88. The third-order valence-corrected chi connectivity index (χ3v) is 0. The van der Waals surface area contributed by atoms with Crippen LogP contribution in [0.4, 0.5) is 0 Å². The second kappa shape index (κ2) is 29.6. The molecule has 0 aliphatic rings. The van der Waals surface area contributed by atoms with E-state index in [9.17, 15) is 0 Å². The number of rotatable bonds is 0. The average Bonchev–Trinajstić information content (AvgIpc) is 1.41. The van der Waals surface area contributed by atoms with Crippen molar-refractivity contribution in [3.63, 3.8) is 0 Å². The molecule has 5 nitrogen and oxygen atoms in total. The highest BCUT2D eigenvalue weighted by Gasteiger charge is 1.62. The zero-order valence-corrected chi connectivity index (χ0v) is 5.36. The third kappa shape index (κ3) is 1760. The van der Waals surface area contributed by atoms with Gasteiger partial charge in [0.15, 0.2) is 0 Å². The van der Waals surface area contributed by atoms with Gasteiger partial charge >= 0.3 is 0 Å². The van der Waals surface area contributed by atoms with Gasteiger partial charge in [0.2, 0.25) is 0 Å². The molecule has 0 aliphatic carbocycles. The van der Waals surface area contributed by atoms with Gasteiger partial charge in [0.05, 0.1) is 0 Å². The highest BCUT2D eigenvalue weighted by molar-refractivity contribution is 7.73. The maximum absolute atomic E-state index is 8.67. The minimum absolute atomic E-state index is 0. The molecule has 0 saturated heterocycles. The van der Waals surface area contributed by atoms with E-state index in [1.807, 2.05) is 0 Å². The van der Waals surface area contributed by atoms with E-state index in [4.69, 9.17) is 13.3 Å². The van der Waals surface area contributed by atoms with E-state index in [-0.39, 0.29) is 12.3 Å². The first-order valence-corrected chi connectivity index (χ1v) is 2.10. The maximum Gasteiger partial charge on any atom is 0.299 e. The van der Waals surface area contributed by atoms with Crippen LogP contribution in [0.5, 0.6) is 0 Å². The molecule has 8 heavy (non-hydrogen) atoms. The van der Waals surface area contributed by atoms with E-state index in [2.05, 4.69) is 13.2 Å². The highest BCUT2D eigenvalue weighted by atomic mass is 32.2. The average molecular weight is 144 g/mol. The summed E-state index contributed by atoms with van der Waals surface area (Å²) in [5, 5.41) is 0. The minimum Gasteiger partial charge on any atom is -0.344 e. The van der Waals surface area contributed by atoms with Crippen LogP contribution >= 0.6 is 0 Å². The molecule has 0 fully saturated rings. The molecule has 6 heteroatoms. The largest absolute Gasteiger partial charge is 0.344 e. The van der Waals surface area contributed by atoms with Gasteiger partial charge in [-0.1, -0.05) is 0 Å². The van der Waals surface area contributed by atoms with E-state index in [1.54, 1.807) is 0 Å². The first-order chi connectivity index (χ1) is 2.73.